The average Bonchev–Trinajstić information content (AvgIpc) is 3.43. The van der Waals surface area contributed by atoms with E-state index >= 15 is 0 Å². The Balaban J connectivity index is 1.32. The Kier molecular flexibility index (Phi) is 4.28. The van der Waals surface area contributed by atoms with Gasteiger partial charge in [0.15, 0.2) is 5.82 Å². The Morgan fingerprint density at radius 1 is 0.553 bits per heavy atom. The maximum atomic E-state index is 6.48. The van der Waals surface area contributed by atoms with Gasteiger partial charge >= 0.3 is 0 Å². The minimum absolute atomic E-state index is 0.0585. The SMILES string of the molecule is CC1(C)c2ccccc2-c2cc3c(cc21)oc1cc(-c2nc(-c4ccccc4)c4ccccc4n2)ccc13. The van der Waals surface area contributed by atoms with Crippen molar-refractivity contribution in [3.63, 3.8) is 0 Å². The second-order valence-electron chi connectivity index (χ2n) is 10.7. The molecule has 8 rings (SSSR count). The quantitative estimate of drug-likeness (QED) is 0.243. The highest BCUT2D eigenvalue weighted by Crippen LogP contribution is 2.50. The molecule has 3 nitrogen and oxygen atoms in total. The summed E-state index contributed by atoms with van der Waals surface area (Å²) < 4.78 is 6.48. The van der Waals surface area contributed by atoms with Crippen LogP contribution < -0.4 is 0 Å². The van der Waals surface area contributed by atoms with Gasteiger partial charge in [-0.15, -0.1) is 0 Å². The summed E-state index contributed by atoms with van der Waals surface area (Å²) in [5, 5.41) is 3.30. The molecule has 7 aromatic rings. The highest BCUT2D eigenvalue weighted by molar-refractivity contribution is 6.08. The van der Waals surface area contributed by atoms with E-state index in [1.165, 1.54) is 22.3 Å². The van der Waals surface area contributed by atoms with Crippen LogP contribution in [0.5, 0.6) is 0 Å². The third-order valence-electron chi connectivity index (χ3n) is 8.08. The van der Waals surface area contributed by atoms with Gasteiger partial charge in [0.2, 0.25) is 0 Å². The fourth-order valence-electron chi connectivity index (χ4n) is 6.13. The number of hydrogen-bond acceptors (Lipinski definition) is 3. The van der Waals surface area contributed by atoms with E-state index in [-0.39, 0.29) is 5.41 Å². The van der Waals surface area contributed by atoms with Crippen molar-refractivity contribution in [1.82, 2.24) is 9.97 Å². The fraction of sp³-hybridized carbons (Fsp3) is 0.0857. The molecular weight excluding hydrogens is 464 g/mol. The average molecular weight is 489 g/mol. The summed E-state index contributed by atoms with van der Waals surface area (Å²) in [6.07, 6.45) is 0. The Morgan fingerprint density at radius 3 is 2.21 bits per heavy atom. The van der Waals surface area contributed by atoms with E-state index in [0.717, 1.165) is 49.7 Å². The molecule has 0 aliphatic heterocycles. The third-order valence-corrected chi connectivity index (χ3v) is 8.08. The number of fused-ring (bicyclic) bond motifs is 7. The van der Waals surface area contributed by atoms with Crippen LogP contribution in [0, 0.1) is 0 Å². The maximum Gasteiger partial charge on any atom is 0.160 e. The summed E-state index contributed by atoms with van der Waals surface area (Å²) in [5.74, 6) is 0.697. The van der Waals surface area contributed by atoms with E-state index in [0.29, 0.717) is 5.82 Å². The van der Waals surface area contributed by atoms with Gasteiger partial charge in [0.25, 0.3) is 0 Å². The first kappa shape index (κ1) is 21.3. The van der Waals surface area contributed by atoms with Gasteiger partial charge in [-0.1, -0.05) is 92.7 Å². The lowest BCUT2D eigenvalue weighted by Crippen LogP contribution is -2.14. The molecule has 1 aliphatic rings. The van der Waals surface area contributed by atoms with E-state index in [2.05, 4.69) is 86.6 Å². The Hall–Kier alpha value is -4.76. The van der Waals surface area contributed by atoms with Crippen LogP contribution in [-0.4, -0.2) is 9.97 Å². The van der Waals surface area contributed by atoms with Crippen molar-refractivity contribution in [2.75, 3.05) is 0 Å². The third kappa shape index (κ3) is 2.96. The minimum Gasteiger partial charge on any atom is -0.456 e. The van der Waals surface area contributed by atoms with E-state index in [4.69, 9.17) is 14.4 Å². The highest BCUT2D eigenvalue weighted by Gasteiger charge is 2.36. The van der Waals surface area contributed by atoms with Crippen LogP contribution in [-0.2, 0) is 5.41 Å². The van der Waals surface area contributed by atoms with E-state index in [9.17, 15) is 0 Å². The number of aromatic nitrogens is 2. The Labute approximate surface area is 220 Å². The Bertz CT molecular complexity index is 2050. The van der Waals surface area contributed by atoms with Crippen molar-refractivity contribution in [1.29, 1.82) is 0 Å². The Morgan fingerprint density at radius 2 is 1.32 bits per heavy atom. The highest BCUT2D eigenvalue weighted by atomic mass is 16.3. The van der Waals surface area contributed by atoms with Crippen molar-refractivity contribution in [3.8, 4) is 33.8 Å². The molecule has 0 fully saturated rings. The normalized spacial score (nSPS) is 13.7. The smallest absolute Gasteiger partial charge is 0.160 e. The topological polar surface area (TPSA) is 38.9 Å². The molecule has 0 atom stereocenters. The summed E-state index contributed by atoms with van der Waals surface area (Å²) in [5.41, 5.74) is 10.9. The number of benzene rings is 5. The van der Waals surface area contributed by atoms with Crippen molar-refractivity contribution in [3.05, 3.63) is 120 Å². The number of rotatable bonds is 2. The van der Waals surface area contributed by atoms with Gasteiger partial charge in [-0.3, -0.25) is 0 Å². The first-order valence-corrected chi connectivity index (χ1v) is 13.0. The van der Waals surface area contributed by atoms with Gasteiger partial charge in [0, 0.05) is 32.7 Å². The number of para-hydroxylation sites is 1. The van der Waals surface area contributed by atoms with Crippen LogP contribution in [0.25, 0.3) is 66.6 Å². The lowest BCUT2D eigenvalue weighted by molar-refractivity contribution is 0.647. The largest absolute Gasteiger partial charge is 0.456 e. The molecule has 5 aromatic carbocycles. The van der Waals surface area contributed by atoms with Gasteiger partial charge in [0.1, 0.15) is 11.2 Å². The second kappa shape index (κ2) is 7.62. The lowest BCUT2D eigenvalue weighted by atomic mass is 9.82. The number of furan rings is 1. The summed E-state index contributed by atoms with van der Waals surface area (Å²) in [6.45, 7) is 4.59. The van der Waals surface area contributed by atoms with Crippen molar-refractivity contribution >= 4 is 32.8 Å². The van der Waals surface area contributed by atoms with Crippen molar-refractivity contribution in [2.24, 2.45) is 0 Å². The van der Waals surface area contributed by atoms with Gasteiger partial charge in [0.05, 0.1) is 11.2 Å². The molecule has 1 aliphatic carbocycles. The molecule has 38 heavy (non-hydrogen) atoms. The first-order valence-electron chi connectivity index (χ1n) is 13.0. The zero-order valence-corrected chi connectivity index (χ0v) is 21.2. The molecule has 3 heteroatoms. The van der Waals surface area contributed by atoms with Crippen LogP contribution in [0.1, 0.15) is 25.0 Å². The van der Waals surface area contributed by atoms with Gasteiger partial charge in [-0.2, -0.15) is 0 Å². The molecular formula is C35H24N2O. The molecule has 0 spiro atoms. The molecule has 2 aromatic heterocycles. The van der Waals surface area contributed by atoms with E-state index < -0.39 is 0 Å². The van der Waals surface area contributed by atoms with E-state index in [1.54, 1.807) is 0 Å². The molecule has 0 saturated heterocycles. The zero-order chi connectivity index (χ0) is 25.4. The summed E-state index contributed by atoms with van der Waals surface area (Å²) in [7, 11) is 0. The maximum absolute atomic E-state index is 6.48. The standard InChI is InChI=1S/C35H24N2O/c1-35(2)28-14-8-6-12-23(28)26-19-27-24-17-16-22(18-31(24)38-32(27)20-29(26)35)34-36-30-15-9-7-13-25(30)33(37-34)21-10-4-3-5-11-21/h3-20H,1-2H3. The first-order chi connectivity index (χ1) is 18.6. The van der Waals surface area contributed by atoms with E-state index in [1.807, 2.05) is 36.4 Å². The van der Waals surface area contributed by atoms with Gasteiger partial charge < -0.3 is 4.42 Å². The fourth-order valence-corrected chi connectivity index (χ4v) is 6.13. The van der Waals surface area contributed by atoms with Crippen molar-refractivity contribution in [2.45, 2.75) is 19.3 Å². The second-order valence-corrected chi connectivity index (χ2v) is 10.7. The van der Waals surface area contributed by atoms with Crippen LogP contribution >= 0.6 is 0 Å². The molecule has 0 bridgehead atoms. The molecule has 0 radical (unpaired) electrons. The predicted octanol–water partition coefficient (Wildman–Crippen LogP) is 9.17. The van der Waals surface area contributed by atoms with Crippen LogP contribution in [0.3, 0.4) is 0 Å². The minimum atomic E-state index is -0.0585. The monoisotopic (exact) mass is 488 g/mol. The summed E-state index contributed by atoms with van der Waals surface area (Å²) >= 11 is 0. The zero-order valence-electron chi connectivity index (χ0n) is 21.2. The molecule has 0 N–H and O–H groups in total. The number of hydrogen-bond donors (Lipinski definition) is 0. The van der Waals surface area contributed by atoms with Crippen LogP contribution in [0.4, 0.5) is 0 Å². The molecule has 0 unspecified atom stereocenters. The summed E-state index contributed by atoms with van der Waals surface area (Å²) in [6, 6.07) is 38.1. The predicted molar refractivity (Wildman–Crippen MR) is 155 cm³/mol. The van der Waals surface area contributed by atoms with Crippen LogP contribution in [0.2, 0.25) is 0 Å². The molecule has 2 heterocycles. The molecule has 180 valence electrons. The summed E-state index contributed by atoms with van der Waals surface area (Å²) in [4.78, 5) is 9.98. The van der Waals surface area contributed by atoms with Gasteiger partial charge in [-0.25, -0.2) is 9.97 Å². The van der Waals surface area contributed by atoms with Gasteiger partial charge in [-0.05, 0) is 52.6 Å². The number of nitrogens with zero attached hydrogens (tertiary/aromatic N) is 2. The lowest BCUT2D eigenvalue weighted by Gasteiger charge is -2.21. The molecule has 0 amide bonds. The molecule has 0 saturated carbocycles. The van der Waals surface area contributed by atoms with Crippen molar-refractivity contribution < 1.29 is 4.42 Å². The van der Waals surface area contributed by atoms with Crippen LogP contribution in [0.15, 0.2) is 114 Å².